The van der Waals surface area contributed by atoms with Gasteiger partial charge in [-0.25, -0.2) is 5.43 Å². The quantitative estimate of drug-likeness (QED) is 0.625. The molecule has 0 aliphatic carbocycles. The fraction of sp³-hybridized carbons (Fsp3) is 0.353. The molecule has 2 aromatic rings. The normalized spacial score (nSPS) is 12.3. The third-order valence-electron chi connectivity index (χ3n) is 3.65. The number of nitrogens with one attached hydrogen (secondary N) is 1. The van der Waals surface area contributed by atoms with Gasteiger partial charge in [-0.2, -0.15) is 0 Å². The molecule has 3 N–H and O–H groups in total. The molecule has 0 saturated carbocycles. The van der Waals surface area contributed by atoms with Crippen molar-refractivity contribution in [2.45, 2.75) is 39.2 Å². The molecule has 3 nitrogen and oxygen atoms in total. The number of hydrogen-bond donors (Lipinski definition) is 2. The number of aryl methyl sites for hydroxylation is 2. The van der Waals surface area contributed by atoms with Crippen LogP contribution in [0.1, 0.15) is 48.6 Å². The van der Waals surface area contributed by atoms with Crippen LogP contribution in [0.5, 0.6) is 0 Å². The molecule has 106 valence electrons. The zero-order chi connectivity index (χ0) is 14.4. The third kappa shape index (κ3) is 3.24. The highest BCUT2D eigenvalue weighted by atomic mass is 15.2. The molecule has 0 amide bonds. The molecule has 1 unspecified atom stereocenters. The lowest BCUT2D eigenvalue weighted by Gasteiger charge is -2.20. The zero-order valence-corrected chi connectivity index (χ0v) is 12.3. The summed E-state index contributed by atoms with van der Waals surface area (Å²) in [6.07, 6.45) is 6.99. The number of nitrogens with zero attached hydrogens (tertiary/aromatic N) is 1. The average molecular weight is 269 g/mol. The minimum Gasteiger partial charge on any atom is -0.271 e. The van der Waals surface area contributed by atoms with E-state index in [0.717, 1.165) is 12.8 Å². The Labute approximate surface area is 121 Å². The van der Waals surface area contributed by atoms with Gasteiger partial charge in [-0.15, -0.1) is 0 Å². The summed E-state index contributed by atoms with van der Waals surface area (Å²) in [7, 11) is 0. The van der Waals surface area contributed by atoms with Gasteiger partial charge in [0.1, 0.15) is 0 Å². The van der Waals surface area contributed by atoms with Gasteiger partial charge in [-0.05, 0) is 41.2 Å². The maximum absolute atomic E-state index is 5.79. The third-order valence-corrected chi connectivity index (χ3v) is 3.65. The van der Waals surface area contributed by atoms with Gasteiger partial charge in [-0.1, -0.05) is 44.5 Å². The number of pyridine rings is 1. The Morgan fingerprint density at radius 1 is 1.15 bits per heavy atom. The van der Waals surface area contributed by atoms with E-state index in [1.54, 1.807) is 0 Å². The van der Waals surface area contributed by atoms with Crippen LogP contribution in [0, 0.1) is 0 Å². The molecule has 1 aromatic carbocycles. The minimum absolute atomic E-state index is 0.0172. The largest absolute Gasteiger partial charge is 0.271 e. The van der Waals surface area contributed by atoms with Gasteiger partial charge >= 0.3 is 0 Å². The molecule has 1 heterocycles. The fourth-order valence-corrected chi connectivity index (χ4v) is 2.55. The molecule has 0 bridgehead atoms. The van der Waals surface area contributed by atoms with Crippen LogP contribution >= 0.6 is 0 Å². The molecular formula is C17H23N3. The predicted octanol–water partition coefficient (Wildman–Crippen LogP) is 3.15. The molecule has 3 heteroatoms. The van der Waals surface area contributed by atoms with Crippen molar-refractivity contribution in [3.8, 4) is 0 Å². The van der Waals surface area contributed by atoms with E-state index in [1.165, 1.54) is 28.7 Å². The van der Waals surface area contributed by atoms with Gasteiger partial charge in [-0.3, -0.25) is 10.8 Å². The van der Waals surface area contributed by atoms with Crippen LogP contribution in [0.15, 0.2) is 42.7 Å². The van der Waals surface area contributed by atoms with Gasteiger partial charge in [0, 0.05) is 12.4 Å². The van der Waals surface area contributed by atoms with E-state index in [0.29, 0.717) is 0 Å². The summed E-state index contributed by atoms with van der Waals surface area (Å²) in [5, 5.41) is 0. The van der Waals surface area contributed by atoms with Crippen molar-refractivity contribution in [3.05, 3.63) is 65.0 Å². The van der Waals surface area contributed by atoms with Gasteiger partial charge < -0.3 is 0 Å². The average Bonchev–Trinajstić information content (AvgIpc) is 2.50. The Balaban J connectivity index is 2.31. The highest BCUT2D eigenvalue weighted by Gasteiger charge is 2.15. The Hall–Kier alpha value is -1.71. The van der Waals surface area contributed by atoms with Crippen LogP contribution in [0.3, 0.4) is 0 Å². The summed E-state index contributed by atoms with van der Waals surface area (Å²) in [4.78, 5) is 4.20. The van der Waals surface area contributed by atoms with Gasteiger partial charge in [0.15, 0.2) is 0 Å². The molecule has 2 rings (SSSR count). The summed E-state index contributed by atoms with van der Waals surface area (Å²) in [5.41, 5.74) is 7.93. The van der Waals surface area contributed by atoms with Crippen LogP contribution < -0.4 is 11.3 Å². The first-order valence-corrected chi connectivity index (χ1v) is 7.27. The zero-order valence-electron chi connectivity index (χ0n) is 12.3. The van der Waals surface area contributed by atoms with Gasteiger partial charge in [0.05, 0.1) is 6.04 Å². The van der Waals surface area contributed by atoms with E-state index in [-0.39, 0.29) is 6.04 Å². The second-order valence-electron chi connectivity index (χ2n) is 5.02. The molecule has 20 heavy (non-hydrogen) atoms. The van der Waals surface area contributed by atoms with Crippen LogP contribution in [0.25, 0.3) is 0 Å². The van der Waals surface area contributed by atoms with Crippen LogP contribution in [0.2, 0.25) is 0 Å². The van der Waals surface area contributed by atoms with Crippen molar-refractivity contribution in [3.63, 3.8) is 0 Å². The minimum atomic E-state index is 0.0172. The smallest absolute Gasteiger partial charge is 0.0713 e. The topological polar surface area (TPSA) is 50.9 Å². The number of rotatable bonds is 6. The second kappa shape index (κ2) is 7.17. The van der Waals surface area contributed by atoms with E-state index in [1.807, 2.05) is 18.5 Å². The molecule has 0 aliphatic heterocycles. The maximum atomic E-state index is 5.79. The Morgan fingerprint density at radius 3 is 2.50 bits per heavy atom. The van der Waals surface area contributed by atoms with Crippen LogP contribution in [-0.4, -0.2) is 4.98 Å². The van der Waals surface area contributed by atoms with Crippen molar-refractivity contribution >= 4 is 0 Å². The van der Waals surface area contributed by atoms with Crippen molar-refractivity contribution in [2.75, 3.05) is 0 Å². The second-order valence-corrected chi connectivity index (χ2v) is 5.02. The SMILES string of the molecule is CCCc1ccc(C(NN)c2ccncc2CC)cc1. The number of hydrazine groups is 1. The molecular weight excluding hydrogens is 246 g/mol. The lowest BCUT2D eigenvalue weighted by atomic mass is 9.94. The van der Waals surface area contributed by atoms with Gasteiger partial charge in [0.25, 0.3) is 0 Å². The highest BCUT2D eigenvalue weighted by molar-refractivity contribution is 5.36. The van der Waals surface area contributed by atoms with E-state index >= 15 is 0 Å². The fourth-order valence-electron chi connectivity index (χ4n) is 2.55. The molecule has 1 aromatic heterocycles. The number of benzene rings is 1. The highest BCUT2D eigenvalue weighted by Crippen LogP contribution is 2.24. The van der Waals surface area contributed by atoms with E-state index in [4.69, 9.17) is 5.84 Å². The lowest BCUT2D eigenvalue weighted by Crippen LogP contribution is -2.29. The number of hydrogen-bond acceptors (Lipinski definition) is 3. The van der Waals surface area contributed by atoms with E-state index in [9.17, 15) is 0 Å². The van der Waals surface area contributed by atoms with Crippen molar-refractivity contribution in [1.82, 2.24) is 10.4 Å². The first-order chi connectivity index (χ1) is 9.80. The van der Waals surface area contributed by atoms with Crippen molar-refractivity contribution in [2.24, 2.45) is 5.84 Å². The van der Waals surface area contributed by atoms with Gasteiger partial charge in [0.2, 0.25) is 0 Å². The molecule has 1 atom stereocenters. The van der Waals surface area contributed by atoms with E-state index in [2.05, 4.69) is 48.5 Å². The monoisotopic (exact) mass is 269 g/mol. The first kappa shape index (κ1) is 14.7. The molecule has 0 saturated heterocycles. The van der Waals surface area contributed by atoms with E-state index < -0.39 is 0 Å². The lowest BCUT2D eigenvalue weighted by molar-refractivity contribution is 0.630. The van der Waals surface area contributed by atoms with Crippen LogP contribution in [-0.2, 0) is 12.8 Å². The molecule has 0 fully saturated rings. The first-order valence-electron chi connectivity index (χ1n) is 7.27. The Kier molecular flexibility index (Phi) is 5.27. The summed E-state index contributed by atoms with van der Waals surface area (Å²) >= 11 is 0. The predicted molar refractivity (Wildman–Crippen MR) is 83.2 cm³/mol. The van der Waals surface area contributed by atoms with Crippen molar-refractivity contribution in [1.29, 1.82) is 0 Å². The summed E-state index contributed by atoms with van der Waals surface area (Å²) in [5.74, 6) is 5.79. The molecule has 0 radical (unpaired) electrons. The molecule has 0 spiro atoms. The Bertz CT molecular complexity index is 534. The van der Waals surface area contributed by atoms with Crippen LogP contribution in [0.4, 0.5) is 0 Å². The summed E-state index contributed by atoms with van der Waals surface area (Å²) in [6, 6.07) is 10.8. The number of nitrogens with two attached hydrogens (primary N) is 1. The standard InChI is InChI=1S/C17H23N3/c1-3-5-13-6-8-15(9-7-13)17(20-18)16-10-11-19-12-14(16)4-2/h6-12,17,20H,3-5,18H2,1-2H3. The molecule has 0 aliphatic rings. The number of aromatic nitrogens is 1. The van der Waals surface area contributed by atoms with Crippen molar-refractivity contribution < 1.29 is 0 Å². The summed E-state index contributed by atoms with van der Waals surface area (Å²) < 4.78 is 0. The maximum Gasteiger partial charge on any atom is 0.0713 e. The Morgan fingerprint density at radius 2 is 1.90 bits per heavy atom. The summed E-state index contributed by atoms with van der Waals surface area (Å²) in [6.45, 7) is 4.33.